The van der Waals surface area contributed by atoms with Gasteiger partial charge in [-0.05, 0) is 82.9 Å². The molecule has 10 aromatic carbocycles. The molecule has 60 heavy (non-hydrogen) atoms. The summed E-state index contributed by atoms with van der Waals surface area (Å²) < 4.78 is 13.5. The van der Waals surface area contributed by atoms with Crippen molar-refractivity contribution in [3.8, 4) is 6.07 Å². The summed E-state index contributed by atoms with van der Waals surface area (Å²) in [5, 5.41) is 20.7. The molecular formula is C54H30N4O2. The summed E-state index contributed by atoms with van der Waals surface area (Å²) in [6.07, 6.45) is 0. The van der Waals surface area contributed by atoms with E-state index in [0.29, 0.717) is 11.3 Å². The van der Waals surface area contributed by atoms with Crippen molar-refractivity contribution in [1.82, 2.24) is 0 Å². The maximum Gasteiger partial charge on any atom is 0.187 e. The predicted molar refractivity (Wildman–Crippen MR) is 245 cm³/mol. The van der Waals surface area contributed by atoms with Gasteiger partial charge < -0.3 is 18.6 Å². The Morgan fingerprint density at radius 1 is 0.433 bits per heavy atom. The van der Waals surface area contributed by atoms with Gasteiger partial charge in [0, 0.05) is 49.1 Å². The highest BCUT2D eigenvalue weighted by Crippen LogP contribution is 2.52. The first kappa shape index (κ1) is 33.5. The fourth-order valence-corrected chi connectivity index (χ4v) is 9.16. The lowest BCUT2D eigenvalue weighted by Crippen LogP contribution is -2.15. The van der Waals surface area contributed by atoms with Crippen LogP contribution in [0.15, 0.2) is 191 Å². The number of fused-ring (bicyclic) bond motifs is 6. The van der Waals surface area contributed by atoms with Crippen molar-refractivity contribution < 1.29 is 8.83 Å². The van der Waals surface area contributed by atoms with Crippen LogP contribution in [0.2, 0.25) is 0 Å². The first-order chi connectivity index (χ1) is 29.7. The van der Waals surface area contributed by atoms with E-state index >= 15 is 0 Å². The van der Waals surface area contributed by atoms with E-state index in [1.165, 1.54) is 5.39 Å². The van der Waals surface area contributed by atoms with Gasteiger partial charge in [0.25, 0.3) is 0 Å². The van der Waals surface area contributed by atoms with E-state index < -0.39 is 0 Å². The van der Waals surface area contributed by atoms with E-state index in [2.05, 4.69) is 118 Å². The Morgan fingerprint density at radius 2 is 0.917 bits per heavy atom. The highest BCUT2D eigenvalue weighted by Gasteiger charge is 2.28. The van der Waals surface area contributed by atoms with Crippen LogP contribution < -0.4 is 9.80 Å². The van der Waals surface area contributed by atoms with Crippen LogP contribution in [0.1, 0.15) is 5.56 Å². The molecule has 0 amide bonds. The molecule has 0 aliphatic carbocycles. The van der Waals surface area contributed by atoms with E-state index in [-0.39, 0.29) is 0 Å². The third kappa shape index (κ3) is 4.92. The number of nitriles is 1. The second-order valence-electron chi connectivity index (χ2n) is 15.1. The Bertz CT molecular complexity index is 3510. The second kappa shape index (κ2) is 13.0. The molecule has 12 aromatic rings. The zero-order chi connectivity index (χ0) is 39.9. The van der Waals surface area contributed by atoms with Crippen LogP contribution in [0.4, 0.5) is 39.8 Å². The van der Waals surface area contributed by atoms with E-state index in [1.54, 1.807) is 0 Å². The van der Waals surface area contributed by atoms with Crippen molar-refractivity contribution in [2.45, 2.75) is 0 Å². The smallest absolute Gasteiger partial charge is 0.187 e. The molecule has 0 spiro atoms. The Morgan fingerprint density at radius 3 is 1.43 bits per heavy atom. The van der Waals surface area contributed by atoms with Crippen molar-refractivity contribution in [3.05, 3.63) is 199 Å². The monoisotopic (exact) mass is 766 g/mol. The number of benzene rings is 10. The Balaban J connectivity index is 1.24. The molecule has 12 rings (SSSR count). The van der Waals surface area contributed by atoms with Crippen LogP contribution >= 0.6 is 0 Å². The summed E-state index contributed by atoms with van der Waals surface area (Å²) in [5.74, 6) is 0. The molecule has 0 atom stereocenters. The van der Waals surface area contributed by atoms with Crippen molar-refractivity contribution in [3.63, 3.8) is 0 Å². The van der Waals surface area contributed by atoms with Crippen LogP contribution in [0.25, 0.3) is 81.0 Å². The van der Waals surface area contributed by atoms with Crippen molar-refractivity contribution in [1.29, 1.82) is 5.26 Å². The lowest BCUT2D eigenvalue weighted by Gasteiger charge is -2.32. The quantitative estimate of drug-likeness (QED) is 0.125. The molecule has 0 aliphatic rings. The number of hydrogen-bond donors (Lipinski definition) is 0. The van der Waals surface area contributed by atoms with Gasteiger partial charge in [0.2, 0.25) is 0 Å². The fourth-order valence-electron chi connectivity index (χ4n) is 9.16. The zero-order valence-electron chi connectivity index (χ0n) is 31.9. The highest BCUT2D eigenvalue weighted by atomic mass is 16.3. The largest absolute Gasteiger partial charge is 0.454 e. The SMILES string of the molecule is [C-]#[N+]c1ccc(N(c2cc(N(c3ccc(C#N)cc3)c3cccc4c3oc3ccccc34)c3ccc4cccc5ccc2c3c45)c2cccc3c2oc2ccccc23)cc1. The van der Waals surface area contributed by atoms with E-state index in [4.69, 9.17) is 15.4 Å². The van der Waals surface area contributed by atoms with Gasteiger partial charge >= 0.3 is 0 Å². The molecule has 2 heterocycles. The maximum absolute atomic E-state index is 9.88. The average Bonchev–Trinajstić information content (AvgIpc) is 3.89. The normalized spacial score (nSPS) is 11.6. The highest BCUT2D eigenvalue weighted by molar-refractivity contribution is 6.29. The van der Waals surface area contributed by atoms with Gasteiger partial charge in [-0.15, -0.1) is 0 Å². The third-order valence-corrected chi connectivity index (χ3v) is 11.8. The topological polar surface area (TPSA) is 60.9 Å². The van der Waals surface area contributed by atoms with Gasteiger partial charge in [-0.3, -0.25) is 0 Å². The number of nitrogens with zero attached hydrogens (tertiary/aromatic N) is 4. The van der Waals surface area contributed by atoms with Crippen molar-refractivity contribution in [2.24, 2.45) is 0 Å². The van der Waals surface area contributed by atoms with Crippen LogP contribution in [-0.2, 0) is 0 Å². The van der Waals surface area contributed by atoms with Crippen LogP contribution in [0.5, 0.6) is 0 Å². The molecule has 6 nitrogen and oxygen atoms in total. The summed E-state index contributed by atoms with van der Waals surface area (Å²) in [6.45, 7) is 7.77. The van der Waals surface area contributed by atoms with Gasteiger partial charge in [0.05, 0.1) is 41.0 Å². The Kier molecular flexibility index (Phi) is 7.26. The second-order valence-corrected chi connectivity index (χ2v) is 15.1. The first-order valence-corrected chi connectivity index (χ1v) is 19.8. The molecule has 6 heteroatoms. The lowest BCUT2D eigenvalue weighted by atomic mass is 9.91. The van der Waals surface area contributed by atoms with Gasteiger partial charge in [-0.2, -0.15) is 5.26 Å². The van der Waals surface area contributed by atoms with Crippen LogP contribution in [-0.4, -0.2) is 0 Å². The first-order valence-electron chi connectivity index (χ1n) is 19.8. The summed E-state index contributed by atoms with van der Waals surface area (Å²) in [4.78, 5) is 8.27. The van der Waals surface area contributed by atoms with Crippen molar-refractivity contribution >= 4 is 116 Å². The molecule has 0 N–H and O–H groups in total. The fraction of sp³-hybridized carbons (Fsp3) is 0. The van der Waals surface area contributed by atoms with Crippen LogP contribution in [0.3, 0.4) is 0 Å². The van der Waals surface area contributed by atoms with Gasteiger partial charge in [0.1, 0.15) is 11.2 Å². The molecule has 0 saturated carbocycles. The number of furan rings is 2. The van der Waals surface area contributed by atoms with E-state index in [9.17, 15) is 5.26 Å². The van der Waals surface area contributed by atoms with Gasteiger partial charge in [-0.25, -0.2) is 4.85 Å². The molecule has 0 aliphatic heterocycles. The minimum Gasteiger partial charge on any atom is -0.454 e. The minimum atomic E-state index is 0.558. The lowest BCUT2D eigenvalue weighted by molar-refractivity contribution is 0.669. The average molecular weight is 767 g/mol. The Hall–Kier alpha value is -8.58. The maximum atomic E-state index is 9.88. The van der Waals surface area contributed by atoms with Gasteiger partial charge in [0.15, 0.2) is 16.9 Å². The zero-order valence-corrected chi connectivity index (χ0v) is 31.9. The summed E-state index contributed by atoms with van der Waals surface area (Å²) in [6, 6.07) is 64.3. The van der Waals surface area contributed by atoms with Crippen molar-refractivity contribution in [2.75, 3.05) is 9.80 Å². The molecular weight excluding hydrogens is 737 g/mol. The summed E-state index contributed by atoms with van der Waals surface area (Å²) >= 11 is 0. The molecule has 0 fully saturated rings. The number of para-hydroxylation sites is 4. The van der Waals surface area contributed by atoms with E-state index in [1.807, 2.05) is 84.9 Å². The number of rotatable bonds is 6. The Labute approximate surface area is 343 Å². The molecule has 0 unspecified atom stereocenters. The number of anilines is 6. The van der Waals surface area contributed by atoms with Crippen LogP contribution in [0, 0.1) is 17.9 Å². The molecule has 2 aromatic heterocycles. The van der Waals surface area contributed by atoms with E-state index in [0.717, 1.165) is 105 Å². The molecule has 278 valence electrons. The van der Waals surface area contributed by atoms with Gasteiger partial charge in [-0.1, -0.05) is 115 Å². The summed E-state index contributed by atoms with van der Waals surface area (Å²) in [7, 11) is 0. The standard InChI is InChI=1S/C54H30N4O2/c1-56-36-23-27-38(28-24-36)58(46-16-8-14-42-40-12-3-5-18-50(40)60-54(42)46)48-31-47(43-29-21-34-9-6-10-35-22-30-44(48)52(43)51(34)35)57(37-25-19-33(32-55)20-26-37)45-15-7-13-41-39-11-2-4-17-49(39)59-53(41)45/h2-31H. The minimum absolute atomic E-state index is 0.558. The predicted octanol–water partition coefficient (Wildman–Crippen LogP) is 15.7. The molecule has 0 bridgehead atoms. The molecule has 0 radical (unpaired) electrons. The summed E-state index contributed by atoms with van der Waals surface area (Å²) in [5.41, 5.74) is 9.59. The number of hydrogen-bond acceptors (Lipinski definition) is 5. The third-order valence-electron chi connectivity index (χ3n) is 11.8. The molecule has 0 saturated heterocycles.